The summed E-state index contributed by atoms with van der Waals surface area (Å²) in [5, 5.41) is 12.6. The number of amides is 1. The van der Waals surface area contributed by atoms with Gasteiger partial charge >= 0.3 is 5.97 Å². The normalized spacial score (nSPS) is 10.8. The second-order valence-electron chi connectivity index (χ2n) is 6.83. The Morgan fingerprint density at radius 3 is 2.59 bits per heavy atom. The first-order chi connectivity index (χ1) is 15.4. The highest BCUT2D eigenvalue weighted by Gasteiger charge is 2.19. The summed E-state index contributed by atoms with van der Waals surface area (Å²) in [6.45, 7) is 6.62. The molecule has 0 saturated carbocycles. The van der Waals surface area contributed by atoms with Crippen LogP contribution in [0.15, 0.2) is 35.5 Å². The number of nitrogens with zero attached hydrogens (tertiary/aromatic N) is 3. The number of benzene rings is 1. The van der Waals surface area contributed by atoms with Crippen molar-refractivity contribution in [2.75, 3.05) is 24.8 Å². The maximum atomic E-state index is 12.5. The van der Waals surface area contributed by atoms with Crippen LogP contribution in [0.2, 0.25) is 0 Å². The van der Waals surface area contributed by atoms with Gasteiger partial charge in [-0.25, -0.2) is 4.79 Å². The van der Waals surface area contributed by atoms with E-state index < -0.39 is 5.97 Å². The molecule has 0 bridgehead atoms. The minimum Gasteiger partial charge on any atom is -0.497 e. The van der Waals surface area contributed by atoms with Gasteiger partial charge in [0.15, 0.2) is 5.16 Å². The summed E-state index contributed by atoms with van der Waals surface area (Å²) in [6, 6.07) is 9.55. The molecule has 0 spiro atoms. The van der Waals surface area contributed by atoms with Crippen molar-refractivity contribution >= 4 is 40.0 Å². The molecule has 3 aromatic rings. The predicted molar refractivity (Wildman–Crippen MR) is 126 cm³/mol. The Hall–Kier alpha value is -2.85. The topological polar surface area (TPSA) is 95.3 Å². The third kappa shape index (κ3) is 5.89. The quantitative estimate of drug-likeness (QED) is 0.348. The number of rotatable bonds is 10. The van der Waals surface area contributed by atoms with Crippen LogP contribution in [0.5, 0.6) is 5.75 Å². The van der Waals surface area contributed by atoms with Crippen LogP contribution >= 0.6 is 23.1 Å². The van der Waals surface area contributed by atoms with Gasteiger partial charge in [0, 0.05) is 17.8 Å². The first-order valence-electron chi connectivity index (χ1n) is 10.2. The lowest BCUT2D eigenvalue weighted by Gasteiger charge is -2.08. The highest BCUT2D eigenvalue weighted by molar-refractivity contribution is 7.99. The average Bonchev–Trinajstić information content (AvgIpc) is 3.35. The second kappa shape index (κ2) is 11.1. The van der Waals surface area contributed by atoms with Gasteiger partial charge in [0.05, 0.1) is 25.0 Å². The van der Waals surface area contributed by atoms with Crippen molar-refractivity contribution in [1.29, 1.82) is 0 Å². The number of carbonyl (C=O) groups is 2. The highest BCUT2D eigenvalue weighted by atomic mass is 32.2. The van der Waals surface area contributed by atoms with Crippen molar-refractivity contribution < 1.29 is 19.1 Å². The second-order valence-corrected chi connectivity index (χ2v) is 9.02. The maximum Gasteiger partial charge on any atom is 0.341 e. The zero-order valence-electron chi connectivity index (χ0n) is 18.5. The molecule has 0 aliphatic rings. The zero-order valence-corrected chi connectivity index (χ0v) is 20.1. The van der Waals surface area contributed by atoms with Gasteiger partial charge in [-0.1, -0.05) is 23.9 Å². The largest absolute Gasteiger partial charge is 0.497 e. The molecule has 1 amide bonds. The van der Waals surface area contributed by atoms with Crippen molar-refractivity contribution in [3.05, 3.63) is 52.2 Å². The fourth-order valence-electron chi connectivity index (χ4n) is 3.06. The smallest absolute Gasteiger partial charge is 0.341 e. The van der Waals surface area contributed by atoms with Crippen LogP contribution in [0.25, 0.3) is 0 Å². The Balaban J connectivity index is 1.63. The van der Waals surface area contributed by atoms with E-state index in [1.54, 1.807) is 20.1 Å². The van der Waals surface area contributed by atoms with Crippen molar-refractivity contribution in [1.82, 2.24) is 14.8 Å². The summed E-state index contributed by atoms with van der Waals surface area (Å²) < 4.78 is 12.3. The van der Waals surface area contributed by atoms with E-state index in [0.717, 1.165) is 22.0 Å². The van der Waals surface area contributed by atoms with Crippen molar-refractivity contribution in [2.24, 2.45) is 0 Å². The molecule has 3 rings (SSSR count). The van der Waals surface area contributed by atoms with Crippen LogP contribution in [-0.4, -0.2) is 46.1 Å². The van der Waals surface area contributed by atoms with Gasteiger partial charge in [-0.3, -0.25) is 4.79 Å². The van der Waals surface area contributed by atoms with Crippen molar-refractivity contribution in [3.8, 4) is 5.75 Å². The lowest BCUT2D eigenvalue weighted by molar-refractivity contribution is -0.113. The SMILES string of the molecule is CCOC(=O)c1cc(C)sc1NC(=O)CSc1nnc(Cc2ccc(OC)cc2)n1CC. The molecule has 8 nitrogen and oxygen atoms in total. The molecule has 0 radical (unpaired) electrons. The van der Waals surface area contributed by atoms with E-state index in [-0.39, 0.29) is 18.3 Å². The number of thioether (sulfide) groups is 1. The molecule has 0 atom stereocenters. The molecule has 2 heterocycles. The number of esters is 1. The van der Waals surface area contributed by atoms with Crippen LogP contribution < -0.4 is 10.1 Å². The van der Waals surface area contributed by atoms with Gasteiger partial charge in [-0.05, 0) is 44.5 Å². The number of thiophene rings is 1. The fraction of sp³-hybridized carbons (Fsp3) is 0.364. The fourth-order valence-corrected chi connectivity index (χ4v) is 4.80. The van der Waals surface area contributed by atoms with E-state index in [2.05, 4.69) is 15.5 Å². The minimum absolute atomic E-state index is 0.153. The molecule has 0 fully saturated rings. The predicted octanol–water partition coefficient (Wildman–Crippen LogP) is 4.17. The van der Waals surface area contributed by atoms with E-state index in [9.17, 15) is 9.59 Å². The molecule has 0 aliphatic carbocycles. The van der Waals surface area contributed by atoms with Gasteiger partial charge in [0.1, 0.15) is 16.6 Å². The standard InChI is InChI=1S/C22H26N4O4S2/c1-5-26-18(12-15-7-9-16(29-4)10-8-15)24-25-22(26)31-13-19(27)23-20-17(11-14(3)32-20)21(28)30-6-2/h7-11H,5-6,12-13H2,1-4H3,(H,23,27). The number of hydrogen-bond acceptors (Lipinski definition) is 8. The molecule has 2 aromatic heterocycles. The number of anilines is 1. The first kappa shape index (κ1) is 23.8. The van der Waals surface area contributed by atoms with Crippen molar-refractivity contribution in [3.63, 3.8) is 0 Å². The molecule has 0 unspecified atom stereocenters. The van der Waals surface area contributed by atoms with E-state index in [4.69, 9.17) is 9.47 Å². The van der Waals surface area contributed by atoms with Crippen LogP contribution in [0.1, 0.15) is 40.5 Å². The summed E-state index contributed by atoms with van der Waals surface area (Å²) in [4.78, 5) is 25.6. The summed E-state index contributed by atoms with van der Waals surface area (Å²) in [5.41, 5.74) is 1.48. The van der Waals surface area contributed by atoms with Crippen LogP contribution in [0.4, 0.5) is 5.00 Å². The van der Waals surface area contributed by atoms with E-state index >= 15 is 0 Å². The molecule has 1 aromatic carbocycles. The van der Waals surface area contributed by atoms with Gasteiger partial charge in [0.2, 0.25) is 5.91 Å². The number of ether oxygens (including phenoxy) is 2. The molecular weight excluding hydrogens is 448 g/mol. The van der Waals surface area contributed by atoms with E-state index in [0.29, 0.717) is 28.7 Å². The molecule has 170 valence electrons. The number of hydrogen-bond donors (Lipinski definition) is 1. The van der Waals surface area contributed by atoms with Gasteiger partial charge in [-0.15, -0.1) is 21.5 Å². The highest BCUT2D eigenvalue weighted by Crippen LogP contribution is 2.29. The Morgan fingerprint density at radius 1 is 1.19 bits per heavy atom. The van der Waals surface area contributed by atoms with Crippen LogP contribution in [0.3, 0.4) is 0 Å². The van der Waals surface area contributed by atoms with Crippen LogP contribution in [-0.2, 0) is 22.5 Å². The third-order valence-corrected chi connectivity index (χ3v) is 6.50. The molecule has 32 heavy (non-hydrogen) atoms. The zero-order chi connectivity index (χ0) is 23.1. The number of methoxy groups -OCH3 is 1. The Labute approximate surface area is 195 Å². The summed E-state index contributed by atoms with van der Waals surface area (Å²) in [7, 11) is 1.64. The maximum absolute atomic E-state index is 12.5. The molecule has 0 aliphatic heterocycles. The molecule has 0 saturated heterocycles. The van der Waals surface area contributed by atoms with Gasteiger partial charge in [-0.2, -0.15) is 0 Å². The average molecular weight is 475 g/mol. The number of carbonyl (C=O) groups excluding carboxylic acids is 2. The van der Waals surface area contributed by atoms with E-state index in [1.165, 1.54) is 23.1 Å². The summed E-state index contributed by atoms with van der Waals surface area (Å²) in [6.07, 6.45) is 0.634. The Kier molecular flexibility index (Phi) is 8.29. The lowest BCUT2D eigenvalue weighted by Crippen LogP contribution is -2.16. The number of aryl methyl sites for hydroxylation is 1. The molecule has 1 N–H and O–H groups in total. The number of nitrogens with one attached hydrogen (secondary N) is 1. The monoisotopic (exact) mass is 474 g/mol. The first-order valence-corrected chi connectivity index (χ1v) is 12.0. The summed E-state index contributed by atoms with van der Waals surface area (Å²) in [5.74, 6) is 1.14. The van der Waals surface area contributed by atoms with Crippen molar-refractivity contribution in [2.45, 2.75) is 38.9 Å². The van der Waals surface area contributed by atoms with E-state index in [1.807, 2.05) is 42.7 Å². The Bertz CT molecular complexity index is 1080. The van der Waals surface area contributed by atoms with Gasteiger partial charge < -0.3 is 19.4 Å². The molecule has 10 heteroatoms. The minimum atomic E-state index is -0.436. The van der Waals surface area contributed by atoms with Crippen LogP contribution in [0, 0.1) is 6.92 Å². The summed E-state index contributed by atoms with van der Waals surface area (Å²) >= 11 is 2.66. The lowest BCUT2D eigenvalue weighted by atomic mass is 10.1. The molecular formula is C22H26N4O4S2. The Morgan fingerprint density at radius 2 is 1.94 bits per heavy atom. The van der Waals surface area contributed by atoms with Gasteiger partial charge in [0.25, 0.3) is 0 Å². The number of aromatic nitrogens is 3. The third-order valence-electron chi connectivity index (χ3n) is 4.57.